The van der Waals surface area contributed by atoms with Gasteiger partial charge in [0.25, 0.3) is 0 Å². The van der Waals surface area contributed by atoms with E-state index in [2.05, 4.69) is 19.1 Å². The number of aryl methyl sites for hydroxylation is 1. The van der Waals surface area contributed by atoms with E-state index in [1.807, 2.05) is 6.07 Å². The zero-order valence-electron chi connectivity index (χ0n) is 7.16. The quantitative estimate of drug-likeness (QED) is 0.639. The largest absolute Gasteiger partial charge is 0.454 e. The van der Waals surface area contributed by atoms with Crippen LogP contribution in [0.15, 0.2) is 18.2 Å². The average molecular weight is 192 g/mol. The normalized spacial score (nSPS) is 13.9. The zero-order chi connectivity index (χ0) is 8.84. The Kier molecular flexibility index (Phi) is 1.32. The summed E-state index contributed by atoms with van der Waals surface area (Å²) in [6.07, 6.45) is 0. The molecule has 0 amide bonds. The van der Waals surface area contributed by atoms with Gasteiger partial charge in [0.05, 0.1) is 4.70 Å². The molecule has 0 N–H and O–H groups in total. The summed E-state index contributed by atoms with van der Waals surface area (Å²) in [7, 11) is 0. The maximum absolute atomic E-state index is 5.41. The first-order chi connectivity index (χ1) is 6.34. The van der Waals surface area contributed by atoms with E-state index in [9.17, 15) is 0 Å². The molecule has 1 aromatic heterocycles. The minimum Gasteiger partial charge on any atom is -0.454 e. The molecule has 0 aliphatic carbocycles. The van der Waals surface area contributed by atoms with Crippen LogP contribution in [0.3, 0.4) is 0 Å². The van der Waals surface area contributed by atoms with Crippen molar-refractivity contribution in [3.63, 3.8) is 0 Å². The number of benzene rings is 1. The van der Waals surface area contributed by atoms with Crippen LogP contribution in [0.4, 0.5) is 0 Å². The number of fused-ring (bicyclic) bond motifs is 3. The lowest BCUT2D eigenvalue weighted by molar-refractivity contribution is 0.175. The number of rotatable bonds is 0. The van der Waals surface area contributed by atoms with E-state index < -0.39 is 0 Å². The monoisotopic (exact) mass is 192 g/mol. The summed E-state index contributed by atoms with van der Waals surface area (Å²) in [6, 6.07) is 6.21. The molecule has 3 rings (SSSR count). The molecule has 0 fully saturated rings. The van der Waals surface area contributed by atoms with E-state index in [1.165, 1.54) is 15.0 Å². The summed E-state index contributed by atoms with van der Waals surface area (Å²) in [4.78, 5) is 1.30. The summed E-state index contributed by atoms with van der Waals surface area (Å²) < 4.78 is 11.9. The van der Waals surface area contributed by atoms with Crippen LogP contribution in [-0.4, -0.2) is 6.79 Å². The van der Waals surface area contributed by atoms with Crippen molar-refractivity contribution in [1.82, 2.24) is 0 Å². The smallest absolute Gasteiger partial charge is 0.231 e. The molecule has 2 heterocycles. The fourth-order valence-electron chi connectivity index (χ4n) is 1.59. The highest BCUT2D eigenvalue weighted by Gasteiger charge is 2.17. The van der Waals surface area contributed by atoms with Crippen molar-refractivity contribution in [1.29, 1.82) is 0 Å². The lowest BCUT2D eigenvalue weighted by Gasteiger charge is -1.95. The van der Waals surface area contributed by atoms with Crippen LogP contribution in [0.25, 0.3) is 10.1 Å². The third kappa shape index (κ3) is 0.937. The van der Waals surface area contributed by atoms with E-state index in [-0.39, 0.29) is 0 Å². The van der Waals surface area contributed by atoms with Gasteiger partial charge in [-0.15, -0.1) is 11.3 Å². The lowest BCUT2D eigenvalue weighted by Crippen LogP contribution is -1.92. The third-order valence-electron chi connectivity index (χ3n) is 2.15. The minimum absolute atomic E-state index is 0.353. The van der Waals surface area contributed by atoms with Crippen molar-refractivity contribution in [3.05, 3.63) is 23.1 Å². The van der Waals surface area contributed by atoms with Gasteiger partial charge in [-0.2, -0.15) is 0 Å². The highest BCUT2D eigenvalue weighted by atomic mass is 32.1. The molecule has 66 valence electrons. The molecule has 2 nitrogen and oxygen atoms in total. The highest BCUT2D eigenvalue weighted by Crippen LogP contribution is 2.42. The fraction of sp³-hybridized carbons (Fsp3) is 0.200. The first-order valence-electron chi connectivity index (χ1n) is 4.13. The number of ether oxygens (including phenoxy) is 2. The first kappa shape index (κ1) is 7.21. The molecule has 3 heteroatoms. The Hall–Kier alpha value is -1.22. The van der Waals surface area contributed by atoms with Crippen LogP contribution in [0, 0.1) is 6.92 Å². The average Bonchev–Trinajstić information content (AvgIpc) is 2.65. The number of hydrogen-bond acceptors (Lipinski definition) is 3. The molecule has 2 aromatic rings. The van der Waals surface area contributed by atoms with E-state index in [1.54, 1.807) is 11.3 Å². The minimum atomic E-state index is 0.353. The lowest BCUT2D eigenvalue weighted by atomic mass is 10.2. The second kappa shape index (κ2) is 2.39. The predicted octanol–water partition coefficient (Wildman–Crippen LogP) is 2.94. The van der Waals surface area contributed by atoms with Crippen LogP contribution in [0.5, 0.6) is 11.5 Å². The Morgan fingerprint density at radius 2 is 2.23 bits per heavy atom. The van der Waals surface area contributed by atoms with Gasteiger partial charge in [0.2, 0.25) is 6.79 Å². The van der Waals surface area contributed by atoms with Crippen molar-refractivity contribution in [3.8, 4) is 11.5 Å². The van der Waals surface area contributed by atoms with Crippen LogP contribution >= 0.6 is 11.3 Å². The fourth-order valence-corrected chi connectivity index (χ4v) is 2.60. The predicted molar refractivity (Wildman–Crippen MR) is 52.7 cm³/mol. The van der Waals surface area contributed by atoms with E-state index in [0.29, 0.717) is 6.79 Å². The zero-order valence-corrected chi connectivity index (χ0v) is 7.98. The molecule has 0 atom stereocenters. The second-order valence-electron chi connectivity index (χ2n) is 3.07. The molecule has 0 radical (unpaired) electrons. The molecular formula is C10H8O2S. The Balaban J connectivity index is 2.42. The Morgan fingerprint density at radius 1 is 1.31 bits per heavy atom. The van der Waals surface area contributed by atoms with Crippen LogP contribution in [0.1, 0.15) is 4.88 Å². The molecule has 0 unspecified atom stereocenters. The summed E-state index contributed by atoms with van der Waals surface area (Å²) in [5, 5.41) is 1.24. The molecule has 13 heavy (non-hydrogen) atoms. The maximum Gasteiger partial charge on any atom is 0.231 e. The van der Waals surface area contributed by atoms with Crippen LogP contribution in [-0.2, 0) is 0 Å². The van der Waals surface area contributed by atoms with E-state index >= 15 is 0 Å². The molecule has 0 saturated heterocycles. The Labute approximate surface area is 79.7 Å². The van der Waals surface area contributed by atoms with Gasteiger partial charge in [0.1, 0.15) is 0 Å². The van der Waals surface area contributed by atoms with E-state index in [4.69, 9.17) is 9.47 Å². The molecule has 0 spiro atoms. The van der Waals surface area contributed by atoms with Gasteiger partial charge in [-0.25, -0.2) is 0 Å². The molecule has 1 aliphatic rings. The number of thiophene rings is 1. The standard InChI is InChI=1S/C10H8O2S/c1-6-4-7-2-3-8-9(10(7)13-6)12-5-11-8/h2-4H,5H2,1H3. The van der Waals surface area contributed by atoms with Crippen molar-refractivity contribution in [2.24, 2.45) is 0 Å². The van der Waals surface area contributed by atoms with E-state index in [0.717, 1.165) is 11.5 Å². The van der Waals surface area contributed by atoms with Gasteiger partial charge in [-0.1, -0.05) is 0 Å². The molecule has 0 bridgehead atoms. The first-order valence-corrected chi connectivity index (χ1v) is 4.95. The van der Waals surface area contributed by atoms with Gasteiger partial charge in [-0.3, -0.25) is 0 Å². The van der Waals surface area contributed by atoms with Gasteiger partial charge < -0.3 is 9.47 Å². The molecular weight excluding hydrogens is 184 g/mol. The van der Waals surface area contributed by atoms with Crippen LogP contribution in [0.2, 0.25) is 0 Å². The van der Waals surface area contributed by atoms with Crippen LogP contribution < -0.4 is 9.47 Å². The highest BCUT2D eigenvalue weighted by molar-refractivity contribution is 7.19. The molecule has 1 aliphatic heterocycles. The van der Waals surface area contributed by atoms with Gasteiger partial charge in [0.15, 0.2) is 11.5 Å². The maximum atomic E-state index is 5.41. The topological polar surface area (TPSA) is 18.5 Å². The van der Waals surface area contributed by atoms with Gasteiger partial charge in [0, 0.05) is 4.88 Å². The van der Waals surface area contributed by atoms with Gasteiger partial charge >= 0.3 is 0 Å². The Bertz CT molecular complexity index is 473. The summed E-state index contributed by atoms with van der Waals surface area (Å²) in [5.74, 6) is 1.78. The van der Waals surface area contributed by atoms with Crippen molar-refractivity contribution in [2.45, 2.75) is 6.92 Å². The van der Waals surface area contributed by atoms with Crippen molar-refractivity contribution < 1.29 is 9.47 Å². The SMILES string of the molecule is Cc1cc2ccc3c(c2s1)OCO3. The summed E-state index contributed by atoms with van der Waals surface area (Å²) in [5.41, 5.74) is 0. The molecule has 0 saturated carbocycles. The Morgan fingerprint density at radius 3 is 3.15 bits per heavy atom. The third-order valence-corrected chi connectivity index (χ3v) is 3.21. The summed E-state index contributed by atoms with van der Waals surface area (Å²) >= 11 is 1.75. The summed E-state index contributed by atoms with van der Waals surface area (Å²) in [6.45, 7) is 2.46. The van der Waals surface area contributed by atoms with Gasteiger partial charge in [-0.05, 0) is 30.5 Å². The number of hydrogen-bond donors (Lipinski definition) is 0. The molecule has 1 aromatic carbocycles. The van der Waals surface area contributed by atoms with Crippen molar-refractivity contribution in [2.75, 3.05) is 6.79 Å². The second-order valence-corrected chi connectivity index (χ2v) is 4.33. The van der Waals surface area contributed by atoms with Crippen molar-refractivity contribution >= 4 is 21.4 Å².